The number of nitrogen functional groups attached to an aromatic ring is 1. The standard InChI is InChI=1S/C14H12N2O/c1-10-8-14(5-2-11(10)9-15)17-13-6-3-12(16)4-7-13/h2-8H,16H2,1H3. The third kappa shape index (κ3) is 2.56. The van der Waals surface area contributed by atoms with E-state index < -0.39 is 0 Å². The van der Waals surface area contributed by atoms with Gasteiger partial charge in [-0.3, -0.25) is 0 Å². The van der Waals surface area contributed by atoms with Crippen LogP contribution in [0.5, 0.6) is 11.5 Å². The highest BCUT2D eigenvalue weighted by molar-refractivity contribution is 5.45. The molecule has 0 unspecified atom stereocenters. The average molecular weight is 224 g/mol. The normalized spacial score (nSPS) is 9.65. The van der Waals surface area contributed by atoms with Crippen molar-refractivity contribution in [3.05, 3.63) is 53.6 Å². The van der Waals surface area contributed by atoms with E-state index in [-0.39, 0.29) is 0 Å². The molecule has 0 spiro atoms. The summed E-state index contributed by atoms with van der Waals surface area (Å²) in [6.07, 6.45) is 0. The van der Waals surface area contributed by atoms with Crippen molar-refractivity contribution in [3.8, 4) is 17.6 Å². The van der Waals surface area contributed by atoms with Gasteiger partial charge in [-0.1, -0.05) is 0 Å². The number of benzene rings is 2. The first-order valence-corrected chi connectivity index (χ1v) is 5.23. The van der Waals surface area contributed by atoms with E-state index >= 15 is 0 Å². The van der Waals surface area contributed by atoms with Crippen molar-refractivity contribution in [2.24, 2.45) is 0 Å². The molecule has 2 rings (SSSR count). The van der Waals surface area contributed by atoms with Crippen LogP contribution >= 0.6 is 0 Å². The Balaban J connectivity index is 2.22. The number of nitriles is 1. The van der Waals surface area contributed by atoms with Gasteiger partial charge in [-0.15, -0.1) is 0 Å². The predicted molar refractivity (Wildman–Crippen MR) is 66.8 cm³/mol. The molecule has 2 aromatic rings. The molecular formula is C14H12N2O. The van der Waals surface area contributed by atoms with Crippen LogP contribution in [0.1, 0.15) is 11.1 Å². The van der Waals surface area contributed by atoms with Crippen LogP contribution in [0.2, 0.25) is 0 Å². The Morgan fingerprint density at radius 1 is 1.06 bits per heavy atom. The third-order valence-electron chi connectivity index (χ3n) is 2.43. The molecule has 0 aliphatic carbocycles. The molecule has 3 nitrogen and oxygen atoms in total. The van der Waals surface area contributed by atoms with Gasteiger partial charge in [-0.2, -0.15) is 5.26 Å². The second-order valence-electron chi connectivity index (χ2n) is 3.76. The summed E-state index contributed by atoms with van der Waals surface area (Å²) < 4.78 is 5.65. The first-order valence-electron chi connectivity index (χ1n) is 5.23. The number of nitrogens with two attached hydrogens (primary N) is 1. The van der Waals surface area contributed by atoms with Crippen molar-refractivity contribution >= 4 is 5.69 Å². The average Bonchev–Trinajstić information content (AvgIpc) is 2.32. The van der Waals surface area contributed by atoms with Crippen molar-refractivity contribution in [3.63, 3.8) is 0 Å². The molecule has 0 saturated carbocycles. The summed E-state index contributed by atoms with van der Waals surface area (Å²) >= 11 is 0. The molecule has 0 aromatic heterocycles. The van der Waals surface area contributed by atoms with Crippen molar-refractivity contribution in [1.82, 2.24) is 0 Å². The van der Waals surface area contributed by atoms with Gasteiger partial charge in [0.25, 0.3) is 0 Å². The predicted octanol–water partition coefficient (Wildman–Crippen LogP) is 3.24. The Kier molecular flexibility index (Phi) is 2.97. The van der Waals surface area contributed by atoms with Gasteiger partial charge < -0.3 is 10.5 Å². The molecule has 84 valence electrons. The fourth-order valence-corrected chi connectivity index (χ4v) is 1.50. The molecule has 0 fully saturated rings. The third-order valence-corrected chi connectivity index (χ3v) is 2.43. The summed E-state index contributed by atoms with van der Waals surface area (Å²) in [4.78, 5) is 0. The number of aryl methyl sites for hydroxylation is 1. The second kappa shape index (κ2) is 4.58. The topological polar surface area (TPSA) is 59.0 Å². The van der Waals surface area contributed by atoms with Gasteiger partial charge in [0.1, 0.15) is 11.5 Å². The molecule has 0 saturated heterocycles. The first-order chi connectivity index (χ1) is 8.19. The lowest BCUT2D eigenvalue weighted by atomic mass is 10.1. The number of hydrogen-bond donors (Lipinski definition) is 1. The Morgan fingerprint density at radius 2 is 1.71 bits per heavy atom. The minimum absolute atomic E-state index is 0.662. The lowest BCUT2D eigenvalue weighted by molar-refractivity contribution is 0.482. The highest BCUT2D eigenvalue weighted by Gasteiger charge is 2.01. The summed E-state index contributed by atoms with van der Waals surface area (Å²) in [5.74, 6) is 1.44. The number of ether oxygens (including phenoxy) is 1. The lowest BCUT2D eigenvalue weighted by Gasteiger charge is -2.07. The van der Waals surface area contributed by atoms with Crippen LogP contribution in [0.3, 0.4) is 0 Å². The zero-order valence-corrected chi connectivity index (χ0v) is 9.47. The van der Waals surface area contributed by atoms with Crippen LogP contribution in [0.25, 0.3) is 0 Å². The fourth-order valence-electron chi connectivity index (χ4n) is 1.50. The van der Waals surface area contributed by atoms with Gasteiger partial charge in [0, 0.05) is 5.69 Å². The van der Waals surface area contributed by atoms with Gasteiger partial charge in [0.2, 0.25) is 0 Å². The van der Waals surface area contributed by atoms with Crippen molar-refractivity contribution < 1.29 is 4.74 Å². The van der Waals surface area contributed by atoms with Crippen LogP contribution in [-0.4, -0.2) is 0 Å². The molecule has 2 aromatic carbocycles. The number of rotatable bonds is 2. The summed E-state index contributed by atoms with van der Waals surface area (Å²) in [5.41, 5.74) is 7.86. The maximum Gasteiger partial charge on any atom is 0.127 e. The maximum absolute atomic E-state index is 8.82. The zero-order chi connectivity index (χ0) is 12.3. The Labute approximate surface area is 100 Å². The fraction of sp³-hybridized carbons (Fsp3) is 0.0714. The zero-order valence-electron chi connectivity index (χ0n) is 9.47. The number of nitrogens with zero attached hydrogens (tertiary/aromatic N) is 1. The van der Waals surface area contributed by atoms with E-state index in [9.17, 15) is 0 Å². The number of anilines is 1. The molecule has 0 aliphatic rings. The Morgan fingerprint density at radius 3 is 2.29 bits per heavy atom. The van der Waals surface area contributed by atoms with Crippen LogP contribution in [-0.2, 0) is 0 Å². The van der Waals surface area contributed by atoms with Gasteiger partial charge in [-0.05, 0) is 55.0 Å². The van der Waals surface area contributed by atoms with E-state index in [4.69, 9.17) is 15.7 Å². The van der Waals surface area contributed by atoms with Crippen LogP contribution in [0.15, 0.2) is 42.5 Å². The Hall–Kier alpha value is -2.47. The van der Waals surface area contributed by atoms with Crippen LogP contribution in [0, 0.1) is 18.3 Å². The summed E-state index contributed by atoms with van der Waals surface area (Å²) in [5, 5.41) is 8.82. The SMILES string of the molecule is Cc1cc(Oc2ccc(N)cc2)ccc1C#N. The van der Waals surface area contributed by atoms with Crippen LogP contribution < -0.4 is 10.5 Å². The molecule has 0 amide bonds. The molecule has 2 N–H and O–H groups in total. The molecule has 0 bridgehead atoms. The van der Waals surface area contributed by atoms with Crippen molar-refractivity contribution in [1.29, 1.82) is 5.26 Å². The van der Waals surface area contributed by atoms with Crippen molar-refractivity contribution in [2.45, 2.75) is 6.92 Å². The Bertz CT molecular complexity index is 568. The summed E-state index contributed by atoms with van der Waals surface area (Å²) in [6.45, 7) is 1.88. The molecule has 0 radical (unpaired) electrons. The lowest BCUT2D eigenvalue weighted by Crippen LogP contribution is -1.88. The van der Waals surface area contributed by atoms with Gasteiger partial charge in [-0.25, -0.2) is 0 Å². The monoisotopic (exact) mass is 224 g/mol. The molecule has 0 aliphatic heterocycles. The smallest absolute Gasteiger partial charge is 0.127 e. The molecular weight excluding hydrogens is 212 g/mol. The molecule has 3 heteroatoms. The largest absolute Gasteiger partial charge is 0.457 e. The van der Waals surface area contributed by atoms with Crippen molar-refractivity contribution in [2.75, 3.05) is 5.73 Å². The van der Waals surface area contributed by atoms with E-state index in [2.05, 4.69) is 6.07 Å². The van der Waals surface area contributed by atoms with E-state index in [1.54, 1.807) is 24.3 Å². The molecule has 0 atom stereocenters. The van der Waals surface area contributed by atoms with E-state index in [0.29, 0.717) is 17.0 Å². The van der Waals surface area contributed by atoms with Crippen LogP contribution in [0.4, 0.5) is 5.69 Å². The van der Waals surface area contributed by atoms with E-state index in [1.165, 1.54) is 0 Å². The van der Waals surface area contributed by atoms with Gasteiger partial charge >= 0.3 is 0 Å². The summed E-state index contributed by atoms with van der Waals surface area (Å²) in [7, 11) is 0. The quantitative estimate of drug-likeness (QED) is 0.796. The highest BCUT2D eigenvalue weighted by Crippen LogP contribution is 2.24. The number of hydrogen-bond acceptors (Lipinski definition) is 3. The minimum Gasteiger partial charge on any atom is -0.457 e. The molecule has 0 heterocycles. The van der Waals surface area contributed by atoms with E-state index in [1.807, 2.05) is 25.1 Å². The van der Waals surface area contributed by atoms with E-state index in [0.717, 1.165) is 11.3 Å². The minimum atomic E-state index is 0.662. The van der Waals surface area contributed by atoms with Gasteiger partial charge in [0.05, 0.1) is 11.6 Å². The molecule has 17 heavy (non-hydrogen) atoms. The first kappa shape index (κ1) is 11.0. The summed E-state index contributed by atoms with van der Waals surface area (Å²) in [6, 6.07) is 14.7. The highest BCUT2D eigenvalue weighted by atomic mass is 16.5. The van der Waals surface area contributed by atoms with Gasteiger partial charge in [0.15, 0.2) is 0 Å². The maximum atomic E-state index is 8.82. The second-order valence-corrected chi connectivity index (χ2v) is 3.76.